The Bertz CT molecular complexity index is 715. The van der Waals surface area contributed by atoms with E-state index in [-0.39, 0.29) is 11.8 Å². The number of nitrogens with one attached hydrogen (secondary N) is 2. The zero-order valence-corrected chi connectivity index (χ0v) is 19.1. The minimum Gasteiger partial charge on any atom is -0.467 e. The van der Waals surface area contributed by atoms with Gasteiger partial charge in [0.1, 0.15) is 30.4 Å². The van der Waals surface area contributed by atoms with Gasteiger partial charge in [-0.05, 0) is 19.3 Å². The highest BCUT2D eigenvalue weighted by Crippen LogP contribution is 2.31. The molecule has 2 heterocycles. The van der Waals surface area contributed by atoms with E-state index < -0.39 is 60.1 Å². The number of hydrogen-bond acceptors (Lipinski definition) is 8. The molecule has 2 aliphatic heterocycles. The Morgan fingerprint density at radius 3 is 2.48 bits per heavy atom. The van der Waals surface area contributed by atoms with Gasteiger partial charge in [-0.15, -0.1) is 0 Å². The third-order valence-electron chi connectivity index (χ3n) is 5.02. The molecule has 10 heteroatoms. The first-order valence-electron chi connectivity index (χ1n) is 10.2. The molecule has 2 fully saturated rings. The lowest BCUT2D eigenvalue weighted by atomic mass is 9.93. The van der Waals surface area contributed by atoms with Gasteiger partial charge in [0.2, 0.25) is 5.91 Å². The first-order chi connectivity index (χ1) is 14.3. The Morgan fingerprint density at radius 1 is 1.29 bits per heavy atom. The molecule has 2 aliphatic rings. The summed E-state index contributed by atoms with van der Waals surface area (Å²) in [5.41, 5.74) is -0.134. The van der Waals surface area contributed by atoms with Gasteiger partial charge >= 0.3 is 5.97 Å². The Morgan fingerprint density at radius 2 is 1.94 bits per heavy atom. The molecule has 3 unspecified atom stereocenters. The summed E-state index contributed by atoms with van der Waals surface area (Å²) in [7, 11) is 2.53. The van der Waals surface area contributed by atoms with Gasteiger partial charge in [-0.3, -0.25) is 9.59 Å². The second-order valence-electron chi connectivity index (χ2n) is 9.32. The van der Waals surface area contributed by atoms with Gasteiger partial charge in [0.05, 0.1) is 7.11 Å². The van der Waals surface area contributed by atoms with Crippen molar-refractivity contribution >= 4 is 17.8 Å². The largest absolute Gasteiger partial charge is 0.467 e. The van der Waals surface area contributed by atoms with E-state index in [0.29, 0.717) is 0 Å². The number of allylic oxidation sites excluding steroid dienone is 1. The third kappa shape index (κ3) is 6.49. The van der Waals surface area contributed by atoms with Crippen molar-refractivity contribution in [2.24, 2.45) is 5.41 Å². The van der Waals surface area contributed by atoms with Gasteiger partial charge in [-0.1, -0.05) is 32.9 Å². The number of carbonyl (C=O) groups excluding carboxylic acids is 3. The summed E-state index contributed by atoms with van der Waals surface area (Å²) < 4.78 is 21.6. The van der Waals surface area contributed by atoms with Gasteiger partial charge in [0.25, 0.3) is 5.91 Å². The van der Waals surface area contributed by atoms with Crippen molar-refractivity contribution < 1.29 is 38.4 Å². The number of ether oxygens (including phenoxy) is 4. The molecule has 0 aromatic carbocycles. The molecule has 0 spiro atoms. The molecule has 0 aromatic rings. The SMILES string of the molecule is COC(=O)C1CC(NC(=O)C(OC)[C@@H]2OC(C)(C)O[C@H](C=CC(C)(C)C)[C@@H]2O)C(=O)N1. The van der Waals surface area contributed by atoms with Crippen LogP contribution < -0.4 is 10.6 Å². The van der Waals surface area contributed by atoms with E-state index in [1.54, 1.807) is 19.9 Å². The zero-order valence-electron chi connectivity index (χ0n) is 19.1. The van der Waals surface area contributed by atoms with E-state index in [0.717, 1.165) is 0 Å². The molecule has 0 bridgehead atoms. The number of methoxy groups -OCH3 is 2. The molecule has 2 rings (SSSR count). The zero-order chi connectivity index (χ0) is 23.6. The van der Waals surface area contributed by atoms with Crippen molar-refractivity contribution in [3.63, 3.8) is 0 Å². The van der Waals surface area contributed by atoms with Crippen LogP contribution in [0.25, 0.3) is 0 Å². The molecule has 0 aromatic heterocycles. The lowest BCUT2D eigenvalue weighted by Crippen LogP contribution is -2.61. The van der Waals surface area contributed by atoms with Crippen LogP contribution in [-0.4, -0.2) is 79.4 Å². The maximum atomic E-state index is 12.9. The van der Waals surface area contributed by atoms with Crippen molar-refractivity contribution in [1.29, 1.82) is 0 Å². The molecular weight excluding hydrogens is 408 g/mol. The molecular formula is C21H34N2O8. The Balaban J connectivity index is 2.15. The highest BCUT2D eigenvalue weighted by Gasteiger charge is 2.48. The number of amides is 2. The van der Waals surface area contributed by atoms with Gasteiger partial charge < -0.3 is 34.7 Å². The average molecular weight is 443 g/mol. The van der Waals surface area contributed by atoms with Crippen LogP contribution >= 0.6 is 0 Å². The summed E-state index contributed by atoms with van der Waals surface area (Å²) in [6, 6.07) is -1.77. The molecule has 176 valence electrons. The second-order valence-corrected chi connectivity index (χ2v) is 9.32. The standard InChI is InChI=1S/C21H34N2O8/c1-20(2,3)9-8-13-14(24)15(31-21(4,5)30-13)16(28-6)18(26)22-11-10-12(19(27)29-7)23-17(11)25/h8-9,11-16,24H,10H2,1-7H3,(H,22,26)(H,23,25)/t11?,12?,13-,14+,15-,16?/m1/s1. The van der Waals surface area contributed by atoms with Gasteiger partial charge in [0, 0.05) is 13.5 Å². The van der Waals surface area contributed by atoms with Crippen LogP contribution in [0.5, 0.6) is 0 Å². The molecule has 2 amide bonds. The van der Waals surface area contributed by atoms with Crippen molar-refractivity contribution in [3.05, 3.63) is 12.2 Å². The van der Waals surface area contributed by atoms with Gasteiger partial charge in [-0.2, -0.15) is 0 Å². The summed E-state index contributed by atoms with van der Waals surface area (Å²) in [5, 5.41) is 15.9. The summed E-state index contributed by atoms with van der Waals surface area (Å²) in [4.78, 5) is 36.7. The summed E-state index contributed by atoms with van der Waals surface area (Å²) in [6.45, 7) is 9.39. The lowest BCUT2D eigenvalue weighted by molar-refractivity contribution is -0.334. The van der Waals surface area contributed by atoms with Crippen LogP contribution in [0.3, 0.4) is 0 Å². The van der Waals surface area contributed by atoms with Crippen molar-refractivity contribution in [2.75, 3.05) is 14.2 Å². The maximum Gasteiger partial charge on any atom is 0.328 e. The molecule has 31 heavy (non-hydrogen) atoms. The smallest absolute Gasteiger partial charge is 0.328 e. The minimum absolute atomic E-state index is 0.0489. The van der Waals surface area contributed by atoms with E-state index in [9.17, 15) is 19.5 Å². The highest BCUT2D eigenvalue weighted by molar-refractivity contribution is 5.95. The van der Waals surface area contributed by atoms with Crippen LogP contribution in [0.2, 0.25) is 0 Å². The van der Waals surface area contributed by atoms with Crippen LogP contribution in [0.15, 0.2) is 12.2 Å². The predicted octanol–water partition coefficient (Wildman–Crippen LogP) is 0.0310. The maximum absolute atomic E-state index is 12.9. The van der Waals surface area contributed by atoms with E-state index in [1.807, 2.05) is 26.8 Å². The van der Waals surface area contributed by atoms with E-state index >= 15 is 0 Å². The monoisotopic (exact) mass is 442 g/mol. The summed E-state index contributed by atoms with van der Waals surface area (Å²) >= 11 is 0. The Labute approximate surface area is 182 Å². The van der Waals surface area contributed by atoms with Crippen LogP contribution in [0.1, 0.15) is 41.0 Å². The number of rotatable bonds is 6. The average Bonchev–Trinajstić information content (AvgIpc) is 3.02. The highest BCUT2D eigenvalue weighted by atomic mass is 16.7. The van der Waals surface area contributed by atoms with E-state index in [4.69, 9.17) is 14.2 Å². The van der Waals surface area contributed by atoms with E-state index in [2.05, 4.69) is 15.4 Å². The predicted molar refractivity (Wildman–Crippen MR) is 110 cm³/mol. The molecule has 0 aliphatic carbocycles. The second kappa shape index (κ2) is 9.64. The topological polar surface area (TPSA) is 132 Å². The number of aliphatic hydroxyl groups is 1. The Hall–Kier alpha value is -2.01. The molecule has 0 saturated carbocycles. The van der Waals surface area contributed by atoms with Crippen LogP contribution in [-0.2, 0) is 33.3 Å². The van der Waals surface area contributed by atoms with Crippen molar-refractivity contribution in [1.82, 2.24) is 10.6 Å². The third-order valence-corrected chi connectivity index (χ3v) is 5.02. The fourth-order valence-electron chi connectivity index (χ4n) is 3.53. The molecule has 10 nitrogen and oxygen atoms in total. The number of hydrogen-bond donors (Lipinski definition) is 3. The Kier molecular flexibility index (Phi) is 7.85. The summed E-state index contributed by atoms with van der Waals surface area (Å²) in [5.74, 6) is -2.83. The molecule has 6 atom stereocenters. The number of carbonyl (C=O) groups is 3. The quantitative estimate of drug-likeness (QED) is 0.388. The van der Waals surface area contributed by atoms with Crippen LogP contribution in [0, 0.1) is 5.41 Å². The minimum atomic E-state index is -1.21. The van der Waals surface area contributed by atoms with E-state index in [1.165, 1.54) is 14.2 Å². The van der Waals surface area contributed by atoms with Crippen molar-refractivity contribution in [2.45, 2.75) is 83.3 Å². The molecule has 2 saturated heterocycles. The number of esters is 1. The fourth-order valence-corrected chi connectivity index (χ4v) is 3.53. The first kappa shape index (κ1) is 25.3. The lowest BCUT2D eigenvalue weighted by Gasteiger charge is -2.45. The fraction of sp³-hybridized carbons (Fsp3) is 0.762. The van der Waals surface area contributed by atoms with Crippen molar-refractivity contribution in [3.8, 4) is 0 Å². The van der Waals surface area contributed by atoms with Crippen LogP contribution in [0.4, 0.5) is 0 Å². The normalized spacial score (nSPS) is 31.9. The first-order valence-corrected chi connectivity index (χ1v) is 10.2. The summed E-state index contributed by atoms with van der Waals surface area (Å²) in [6.07, 6.45) is -0.472. The van der Waals surface area contributed by atoms with Gasteiger partial charge in [-0.25, -0.2) is 4.79 Å². The molecule has 0 radical (unpaired) electrons. The molecule has 3 N–H and O–H groups in total. The number of aliphatic hydroxyl groups excluding tert-OH is 1. The van der Waals surface area contributed by atoms with Gasteiger partial charge in [0.15, 0.2) is 11.9 Å².